The fraction of sp³-hybridized carbons (Fsp3) is 0.395. The quantitative estimate of drug-likeness (QED) is 0.0366. The maximum absolute atomic E-state index is 14.6. The maximum Gasteiger partial charge on any atom is 0.262 e. The second-order valence-corrected chi connectivity index (χ2v) is 46.2. The number of hydrogen-bond donors (Lipinski definition) is 4. The standard InChI is InChI=1S/C21H28ClN3O4S2.C21H27N3O5S2.C20H26FN3O4S2.C19H23F2N3O4S2/c1-4-16-11-13-25(14-12-16)21-10-5-17(22)15-20(21)23-30(26,27)18-6-8-19(9-7-18)31(28,29)24(2)3;1-16(25)17-7-12-21(24-13-5-4-6-14-24)20(15-17)22-30(26,27)18-8-10-19(11-9-18)31(28,29)23(2)3;1-15-11-13-24(14-12-15)19-6-4-5-18(21)20(19)22-29(25,26)16-7-9-17(10-8-16)30(27,28)23(2)3;1-23(2)30(27,28)15-8-6-14(7-9-15)29(25,26)22-18-12-16(20)17(21)13-19(18)24-10-4-3-5-11-24/h5-10,15-16,23H,4,11-14H2,1-3H3;7-12,15,22H,4-6,13-14H2,1-3H3;4-10,15,22H,11-14H2,1-3H3;6-9,12-13,22H,3-5,10-11H2,1-2H3. The predicted molar refractivity (Wildman–Crippen MR) is 471 cm³/mol. The summed E-state index contributed by atoms with van der Waals surface area (Å²) in [5, 5.41) is 0.428. The fourth-order valence-electron chi connectivity index (χ4n) is 13.6. The largest absolute Gasteiger partial charge is 0.370 e. The highest BCUT2D eigenvalue weighted by molar-refractivity contribution is 7.94. The van der Waals surface area contributed by atoms with E-state index in [1.54, 1.807) is 42.5 Å². The molecule has 0 unspecified atom stereocenters. The van der Waals surface area contributed by atoms with Crippen LogP contribution in [0, 0.1) is 29.3 Å². The molecule has 8 aromatic rings. The molecule has 0 bridgehead atoms. The van der Waals surface area contributed by atoms with E-state index >= 15 is 0 Å². The van der Waals surface area contributed by atoms with E-state index in [0.717, 1.165) is 163 Å². The molecule has 4 saturated heterocycles. The second-order valence-electron chi connectivity index (χ2n) is 30.4. The Kier molecular flexibility index (Phi) is 32.3. The van der Waals surface area contributed by atoms with Gasteiger partial charge in [0.1, 0.15) is 11.5 Å². The Balaban J connectivity index is 0.000000185. The minimum absolute atomic E-state index is 0.00373. The number of anilines is 8. The number of halogens is 4. The van der Waals surface area contributed by atoms with Crippen LogP contribution in [0.15, 0.2) is 203 Å². The monoisotopic (exact) mass is 1860 g/mol. The molecule has 12 rings (SSSR count). The first-order chi connectivity index (χ1) is 57.1. The first-order valence-corrected chi connectivity index (χ1v) is 51.1. The molecule has 8 aromatic carbocycles. The summed E-state index contributed by atoms with van der Waals surface area (Å²) < 4.78 is 257. The van der Waals surface area contributed by atoms with Gasteiger partial charge in [-0.3, -0.25) is 23.7 Å². The molecule has 122 heavy (non-hydrogen) atoms. The lowest BCUT2D eigenvalue weighted by molar-refractivity contribution is 0.101. The molecular weight excluding hydrogens is 1760 g/mol. The Morgan fingerprint density at radius 1 is 0.361 bits per heavy atom. The van der Waals surface area contributed by atoms with E-state index in [0.29, 0.717) is 52.6 Å². The summed E-state index contributed by atoms with van der Waals surface area (Å²) in [6, 6.07) is 36.2. The zero-order valence-corrected chi connectivity index (χ0v) is 76.8. The number of piperidine rings is 4. The van der Waals surface area contributed by atoms with Gasteiger partial charge in [-0.2, -0.15) is 0 Å². The number of para-hydroxylation sites is 1. The van der Waals surface area contributed by atoms with E-state index in [9.17, 15) is 85.3 Å². The number of nitrogens with one attached hydrogen (secondary N) is 4. The van der Waals surface area contributed by atoms with Crippen LogP contribution in [-0.2, 0) is 80.2 Å². The van der Waals surface area contributed by atoms with Crippen molar-refractivity contribution >= 4 is 143 Å². The predicted octanol–water partition coefficient (Wildman–Crippen LogP) is 13.1. The van der Waals surface area contributed by atoms with E-state index < -0.39 is 97.6 Å². The Hall–Kier alpha value is -8.65. The zero-order valence-electron chi connectivity index (χ0n) is 69.5. The lowest BCUT2D eigenvalue weighted by Crippen LogP contribution is -2.34. The molecule has 4 aliphatic heterocycles. The molecule has 4 fully saturated rings. The van der Waals surface area contributed by atoms with Crippen LogP contribution in [-0.4, -0.2) is 199 Å². The normalized spacial score (nSPS) is 15.7. The van der Waals surface area contributed by atoms with Gasteiger partial charge in [0, 0.05) is 131 Å². The first kappa shape index (κ1) is 97.2. The van der Waals surface area contributed by atoms with Crippen molar-refractivity contribution in [1.29, 1.82) is 0 Å². The van der Waals surface area contributed by atoms with Gasteiger partial charge in [0.15, 0.2) is 17.4 Å². The van der Waals surface area contributed by atoms with Gasteiger partial charge in [0.05, 0.1) is 79.0 Å². The highest BCUT2D eigenvalue weighted by atomic mass is 35.5. The fourth-order valence-corrected chi connectivity index (χ4v) is 21.7. The number of rotatable bonds is 26. The Morgan fingerprint density at radius 3 is 1.04 bits per heavy atom. The average molecular weight is 1870 g/mol. The highest BCUT2D eigenvalue weighted by Crippen LogP contribution is 2.39. The van der Waals surface area contributed by atoms with Gasteiger partial charge in [-0.25, -0.2) is 97.7 Å². The van der Waals surface area contributed by atoms with Crippen LogP contribution in [0.1, 0.15) is 102 Å². The number of sulfonamides is 8. The zero-order chi connectivity index (χ0) is 89.8. The van der Waals surface area contributed by atoms with E-state index in [2.05, 4.69) is 42.5 Å². The van der Waals surface area contributed by atoms with Crippen molar-refractivity contribution in [3.8, 4) is 0 Å². The summed E-state index contributed by atoms with van der Waals surface area (Å²) in [5.74, 6) is -1.78. The average Bonchev–Trinajstić information content (AvgIpc) is 0.793. The molecule has 0 aliphatic carbocycles. The van der Waals surface area contributed by atoms with E-state index in [1.807, 2.05) is 15.9 Å². The Morgan fingerprint density at radius 2 is 0.672 bits per heavy atom. The number of carbonyl (C=O) groups excluding carboxylic acids is 1. The minimum Gasteiger partial charge on any atom is -0.370 e. The second kappa shape index (κ2) is 40.5. The smallest absolute Gasteiger partial charge is 0.262 e. The van der Waals surface area contributed by atoms with Gasteiger partial charge in [-0.15, -0.1) is 0 Å². The van der Waals surface area contributed by atoms with Crippen molar-refractivity contribution in [2.45, 2.75) is 131 Å². The number of Topliss-reactive ketones (excluding diaryl/α,β-unsaturated/α-hetero) is 1. The van der Waals surface area contributed by atoms with Gasteiger partial charge < -0.3 is 19.6 Å². The third-order valence-electron chi connectivity index (χ3n) is 21.1. The summed E-state index contributed by atoms with van der Waals surface area (Å²) >= 11 is 6.15. The number of benzene rings is 8. The summed E-state index contributed by atoms with van der Waals surface area (Å²) in [7, 11) is -19.7. The molecular formula is C81H104ClF3N12O17S8. The summed E-state index contributed by atoms with van der Waals surface area (Å²) in [4.78, 5) is 19.4. The van der Waals surface area contributed by atoms with Crippen LogP contribution in [0.4, 0.5) is 58.7 Å². The molecule has 0 saturated carbocycles. The topological polar surface area (TPSA) is 364 Å². The third kappa shape index (κ3) is 24.1. The van der Waals surface area contributed by atoms with Crippen molar-refractivity contribution in [3.63, 3.8) is 0 Å². The molecule has 29 nitrogen and oxygen atoms in total. The van der Waals surface area contributed by atoms with Gasteiger partial charge in [-0.1, -0.05) is 37.9 Å². The van der Waals surface area contributed by atoms with Crippen molar-refractivity contribution in [1.82, 2.24) is 17.2 Å². The number of nitrogens with zero attached hydrogens (tertiary/aromatic N) is 8. The summed E-state index contributed by atoms with van der Waals surface area (Å²) in [6.45, 7) is 11.8. The van der Waals surface area contributed by atoms with Gasteiger partial charge in [0.25, 0.3) is 40.1 Å². The van der Waals surface area contributed by atoms with Gasteiger partial charge in [0.2, 0.25) is 40.1 Å². The molecule has 4 heterocycles. The van der Waals surface area contributed by atoms with Crippen molar-refractivity contribution in [2.24, 2.45) is 11.8 Å². The summed E-state index contributed by atoms with van der Waals surface area (Å²) in [6.07, 6.45) is 11.1. The number of ketones is 1. The van der Waals surface area contributed by atoms with Crippen molar-refractivity contribution < 1.29 is 85.3 Å². The molecule has 0 atom stereocenters. The lowest BCUT2D eigenvalue weighted by atomic mass is 9.94. The molecule has 666 valence electrons. The lowest BCUT2D eigenvalue weighted by Gasteiger charge is -2.34. The van der Waals surface area contributed by atoms with Crippen LogP contribution >= 0.6 is 11.6 Å². The Bertz CT molecular complexity index is 6010. The van der Waals surface area contributed by atoms with E-state index in [1.165, 1.54) is 154 Å². The third-order valence-corrected chi connectivity index (χ3v) is 34.1. The molecule has 0 aromatic heterocycles. The van der Waals surface area contributed by atoms with Crippen LogP contribution in [0.3, 0.4) is 0 Å². The highest BCUT2D eigenvalue weighted by Gasteiger charge is 2.31. The van der Waals surface area contributed by atoms with Crippen molar-refractivity contribution in [3.05, 3.63) is 192 Å². The minimum atomic E-state index is -4.16. The van der Waals surface area contributed by atoms with E-state index in [-0.39, 0.29) is 62.0 Å². The van der Waals surface area contributed by atoms with Crippen LogP contribution in [0.5, 0.6) is 0 Å². The molecule has 0 radical (unpaired) electrons. The van der Waals surface area contributed by atoms with Crippen molar-refractivity contribution in [2.75, 3.05) is 147 Å². The number of carbonyl (C=O) groups is 1. The van der Waals surface area contributed by atoms with Crippen LogP contribution < -0.4 is 38.5 Å². The van der Waals surface area contributed by atoms with Gasteiger partial charge in [-0.05, 0) is 229 Å². The molecule has 4 N–H and O–H groups in total. The van der Waals surface area contributed by atoms with Crippen LogP contribution in [0.2, 0.25) is 5.02 Å². The molecule has 0 spiro atoms. The van der Waals surface area contributed by atoms with Crippen LogP contribution in [0.25, 0.3) is 0 Å². The summed E-state index contributed by atoms with van der Waals surface area (Å²) in [5.41, 5.74) is 3.26. The number of hydrogen-bond acceptors (Lipinski definition) is 21. The molecule has 4 aliphatic rings. The molecule has 41 heteroatoms. The SMILES string of the molecule is CC(=O)c1ccc(N2CCCCC2)c(NS(=O)(=O)c2ccc(S(=O)(=O)N(C)C)cc2)c1.CC1CCN(c2cccc(F)c2NS(=O)(=O)c2ccc(S(=O)(=O)N(C)C)cc2)CC1.CCC1CCN(c2ccc(Cl)cc2NS(=O)(=O)c2ccc(S(=O)(=O)N(C)C)cc2)CC1.CN(C)S(=O)(=O)c1ccc(S(=O)(=O)Nc2cc(F)c(F)cc2N2CCCCC2)cc1. The maximum atomic E-state index is 14.6. The van der Waals surface area contributed by atoms with E-state index in [4.69, 9.17) is 11.6 Å². The van der Waals surface area contributed by atoms with Gasteiger partial charge >= 0.3 is 0 Å². The molecule has 0 amide bonds. The Labute approximate surface area is 721 Å². The first-order valence-electron chi connectivity index (χ1n) is 39.0.